The topological polar surface area (TPSA) is 55.4 Å². The van der Waals surface area contributed by atoms with Gasteiger partial charge in [-0.1, -0.05) is 0 Å². The number of halogens is 1. The molecular weight excluding hydrogens is 301 g/mol. The van der Waals surface area contributed by atoms with Crippen molar-refractivity contribution in [3.63, 3.8) is 0 Å². The Bertz CT molecular complexity index is 697. The van der Waals surface area contributed by atoms with Gasteiger partial charge in [0.15, 0.2) is 0 Å². The summed E-state index contributed by atoms with van der Waals surface area (Å²) in [5.74, 6) is -0.375. The molecule has 1 aromatic heterocycles. The molecule has 0 fully saturated rings. The van der Waals surface area contributed by atoms with E-state index in [1.807, 2.05) is 0 Å². The fraction of sp³-hybridized carbons (Fsp3) is 0.385. The minimum atomic E-state index is -3.38. The largest absolute Gasteiger partial charge is 0.381 e. The second-order valence-corrected chi connectivity index (χ2v) is 7.56. The third-order valence-corrected chi connectivity index (χ3v) is 5.46. The standard InChI is InChI=1S/C13H16FNO3S2/c1-9(18-2)8-20(16,17)15-7-12-6-10-5-11(14)3-4-13(10)19-12/h3-6,9,15H,7-8H2,1-2H3/t9-/m1/s1. The first-order valence-corrected chi connectivity index (χ1v) is 8.54. The third kappa shape index (κ3) is 3.99. The molecule has 0 amide bonds. The summed E-state index contributed by atoms with van der Waals surface area (Å²) in [6, 6.07) is 6.33. The van der Waals surface area contributed by atoms with Gasteiger partial charge in [-0.3, -0.25) is 0 Å². The quantitative estimate of drug-likeness (QED) is 0.890. The average molecular weight is 317 g/mol. The zero-order valence-corrected chi connectivity index (χ0v) is 12.9. The fourth-order valence-corrected chi connectivity index (χ4v) is 4.10. The minimum absolute atomic E-state index is 0.0803. The predicted molar refractivity (Wildman–Crippen MR) is 78.9 cm³/mol. The summed E-state index contributed by atoms with van der Waals surface area (Å²) < 4.78 is 45.1. The molecule has 0 saturated heterocycles. The summed E-state index contributed by atoms with van der Waals surface area (Å²) in [6.07, 6.45) is -0.357. The van der Waals surface area contributed by atoms with Gasteiger partial charge in [0, 0.05) is 23.2 Å². The molecular formula is C13H16FNO3S2. The SMILES string of the molecule is CO[C@H](C)CS(=O)(=O)NCc1cc2cc(F)ccc2s1. The van der Waals surface area contributed by atoms with Crippen LogP contribution in [-0.2, 0) is 21.3 Å². The van der Waals surface area contributed by atoms with Crippen molar-refractivity contribution in [3.8, 4) is 0 Å². The van der Waals surface area contributed by atoms with E-state index < -0.39 is 10.0 Å². The second kappa shape index (κ2) is 6.17. The van der Waals surface area contributed by atoms with Gasteiger partial charge in [-0.25, -0.2) is 17.5 Å². The summed E-state index contributed by atoms with van der Waals surface area (Å²) in [5, 5.41) is 0.787. The first-order chi connectivity index (χ1) is 9.39. The molecule has 7 heteroatoms. The van der Waals surface area contributed by atoms with E-state index in [2.05, 4.69) is 4.72 Å². The molecule has 0 spiro atoms. The van der Waals surface area contributed by atoms with Crippen LogP contribution in [0.2, 0.25) is 0 Å². The van der Waals surface area contributed by atoms with Gasteiger partial charge in [-0.05, 0) is 36.6 Å². The van der Waals surface area contributed by atoms with E-state index in [1.165, 1.54) is 30.6 Å². The molecule has 4 nitrogen and oxygen atoms in total. The number of thiophene rings is 1. The number of ether oxygens (including phenoxy) is 1. The lowest BCUT2D eigenvalue weighted by molar-refractivity contribution is 0.136. The molecule has 1 heterocycles. The van der Waals surface area contributed by atoms with Crippen molar-refractivity contribution in [2.45, 2.75) is 19.6 Å². The summed E-state index contributed by atoms with van der Waals surface area (Å²) in [7, 11) is -1.91. The van der Waals surface area contributed by atoms with Crippen molar-refractivity contribution < 1.29 is 17.5 Å². The lowest BCUT2D eigenvalue weighted by Gasteiger charge is -2.10. The summed E-state index contributed by atoms with van der Waals surface area (Å²) in [5.41, 5.74) is 0. The van der Waals surface area contributed by atoms with Crippen molar-refractivity contribution in [2.24, 2.45) is 0 Å². The summed E-state index contributed by atoms with van der Waals surface area (Å²) >= 11 is 1.45. The molecule has 0 aliphatic heterocycles. The van der Waals surface area contributed by atoms with Gasteiger partial charge in [0.2, 0.25) is 10.0 Å². The molecule has 2 aromatic rings. The number of hydrogen-bond donors (Lipinski definition) is 1. The number of benzene rings is 1. The normalized spacial score (nSPS) is 13.8. The monoisotopic (exact) mass is 317 g/mol. The molecule has 0 aliphatic carbocycles. The zero-order valence-electron chi connectivity index (χ0n) is 11.2. The van der Waals surface area contributed by atoms with Crippen LogP contribution in [0.1, 0.15) is 11.8 Å². The first-order valence-electron chi connectivity index (χ1n) is 6.08. The predicted octanol–water partition coefficient (Wildman–Crippen LogP) is 2.49. The molecule has 0 saturated carbocycles. The fourth-order valence-electron chi connectivity index (χ4n) is 1.77. The Morgan fingerprint density at radius 2 is 2.15 bits per heavy atom. The minimum Gasteiger partial charge on any atom is -0.381 e. The van der Waals surface area contributed by atoms with Crippen LogP contribution >= 0.6 is 11.3 Å². The highest BCUT2D eigenvalue weighted by atomic mass is 32.2. The number of methoxy groups -OCH3 is 1. The van der Waals surface area contributed by atoms with Crippen LogP contribution in [0.15, 0.2) is 24.3 Å². The number of rotatable bonds is 6. The van der Waals surface area contributed by atoms with Crippen molar-refractivity contribution >= 4 is 31.4 Å². The van der Waals surface area contributed by atoms with Gasteiger partial charge < -0.3 is 4.74 Å². The summed E-state index contributed by atoms with van der Waals surface area (Å²) in [4.78, 5) is 0.847. The smallest absolute Gasteiger partial charge is 0.214 e. The van der Waals surface area contributed by atoms with Crippen LogP contribution in [0.5, 0.6) is 0 Å². The van der Waals surface area contributed by atoms with E-state index in [4.69, 9.17) is 4.74 Å². The molecule has 0 radical (unpaired) electrons. The number of sulfonamides is 1. The van der Waals surface area contributed by atoms with Crippen LogP contribution in [0.25, 0.3) is 10.1 Å². The molecule has 0 aliphatic rings. The van der Waals surface area contributed by atoms with Gasteiger partial charge in [0.1, 0.15) is 5.82 Å². The number of nitrogens with one attached hydrogen (secondary N) is 1. The molecule has 1 atom stereocenters. The van der Waals surface area contributed by atoms with E-state index in [0.717, 1.165) is 15.0 Å². The Hall–Kier alpha value is -1.02. The maximum absolute atomic E-state index is 13.1. The lowest BCUT2D eigenvalue weighted by Crippen LogP contribution is -2.31. The highest BCUT2D eigenvalue weighted by Gasteiger charge is 2.15. The van der Waals surface area contributed by atoms with Crippen LogP contribution in [0.3, 0.4) is 0 Å². The third-order valence-electron chi connectivity index (χ3n) is 2.85. The van der Waals surface area contributed by atoms with Gasteiger partial charge in [0.25, 0.3) is 0 Å². The molecule has 110 valence electrons. The Balaban J connectivity index is 2.05. The Morgan fingerprint density at radius 3 is 2.85 bits per heavy atom. The maximum Gasteiger partial charge on any atom is 0.214 e. The molecule has 20 heavy (non-hydrogen) atoms. The van der Waals surface area contributed by atoms with Gasteiger partial charge >= 0.3 is 0 Å². The van der Waals surface area contributed by atoms with E-state index in [-0.39, 0.29) is 24.2 Å². The van der Waals surface area contributed by atoms with Crippen molar-refractivity contribution in [1.29, 1.82) is 0 Å². The second-order valence-electron chi connectivity index (χ2n) is 4.54. The highest BCUT2D eigenvalue weighted by Crippen LogP contribution is 2.26. The van der Waals surface area contributed by atoms with Crippen LogP contribution in [-0.4, -0.2) is 27.4 Å². The first kappa shape index (κ1) is 15.4. The molecule has 1 aromatic carbocycles. The maximum atomic E-state index is 13.1. The molecule has 0 bridgehead atoms. The van der Waals surface area contributed by atoms with Crippen molar-refractivity contribution in [3.05, 3.63) is 35.0 Å². The van der Waals surface area contributed by atoms with E-state index >= 15 is 0 Å². The molecule has 2 rings (SSSR count). The lowest BCUT2D eigenvalue weighted by atomic mass is 10.2. The molecule has 1 N–H and O–H groups in total. The Kier molecular flexibility index (Phi) is 4.74. The van der Waals surface area contributed by atoms with Gasteiger partial charge in [-0.15, -0.1) is 11.3 Å². The highest BCUT2D eigenvalue weighted by molar-refractivity contribution is 7.89. The van der Waals surface area contributed by atoms with Crippen molar-refractivity contribution in [2.75, 3.05) is 12.9 Å². The Morgan fingerprint density at radius 1 is 1.40 bits per heavy atom. The van der Waals surface area contributed by atoms with Crippen LogP contribution < -0.4 is 4.72 Å². The van der Waals surface area contributed by atoms with Gasteiger partial charge in [0.05, 0.1) is 11.9 Å². The Labute approximate surface area is 121 Å². The number of hydrogen-bond acceptors (Lipinski definition) is 4. The summed E-state index contributed by atoms with van der Waals surface area (Å²) in [6.45, 7) is 1.90. The van der Waals surface area contributed by atoms with E-state index in [9.17, 15) is 12.8 Å². The molecule has 0 unspecified atom stereocenters. The zero-order chi connectivity index (χ0) is 14.8. The van der Waals surface area contributed by atoms with Crippen LogP contribution in [0.4, 0.5) is 4.39 Å². The van der Waals surface area contributed by atoms with Crippen LogP contribution in [0, 0.1) is 5.82 Å². The van der Waals surface area contributed by atoms with E-state index in [1.54, 1.807) is 19.1 Å². The van der Waals surface area contributed by atoms with E-state index in [0.29, 0.717) is 0 Å². The van der Waals surface area contributed by atoms with Crippen molar-refractivity contribution in [1.82, 2.24) is 4.72 Å². The van der Waals surface area contributed by atoms with Gasteiger partial charge in [-0.2, -0.15) is 0 Å². The average Bonchev–Trinajstić information content (AvgIpc) is 2.78. The number of fused-ring (bicyclic) bond motifs is 1.